The minimum absolute atomic E-state index is 0.0157. The van der Waals surface area contributed by atoms with Gasteiger partial charge in [-0.1, -0.05) is 38.1 Å². The number of fused-ring (bicyclic) bond motifs is 1. The van der Waals surface area contributed by atoms with E-state index in [0.29, 0.717) is 13.1 Å². The second kappa shape index (κ2) is 7.51. The second-order valence-corrected chi connectivity index (χ2v) is 6.64. The van der Waals surface area contributed by atoms with Crippen LogP contribution in [0.1, 0.15) is 25.0 Å². The molecule has 1 atom stereocenters. The molecule has 2 heterocycles. The van der Waals surface area contributed by atoms with Gasteiger partial charge in [0.1, 0.15) is 6.20 Å². The summed E-state index contributed by atoms with van der Waals surface area (Å²) in [5, 5.41) is 11.1. The Balaban J connectivity index is 1.81. The summed E-state index contributed by atoms with van der Waals surface area (Å²) >= 11 is 0. The number of aromatic nitrogens is 1. The average Bonchev–Trinajstić information content (AvgIpc) is 2.65. The first kappa shape index (κ1) is 17.8. The van der Waals surface area contributed by atoms with Gasteiger partial charge in [-0.2, -0.15) is 0 Å². The van der Waals surface area contributed by atoms with Crippen molar-refractivity contribution in [1.29, 1.82) is 0 Å². The molecule has 0 aliphatic carbocycles. The van der Waals surface area contributed by atoms with E-state index in [1.165, 1.54) is 17.8 Å². The van der Waals surface area contributed by atoms with Crippen LogP contribution in [0.5, 0.6) is 5.75 Å². The predicted molar refractivity (Wildman–Crippen MR) is 95.7 cm³/mol. The van der Waals surface area contributed by atoms with Crippen molar-refractivity contribution >= 4 is 11.7 Å². The summed E-state index contributed by atoms with van der Waals surface area (Å²) in [6, 6.07) is 11.1. The number of nitro groups is 1. The zero-order valence-electron chi connectivity index (χ0n) is 14.8. The molecule has 7 heteroatoms. The first-order chi connectivity index (χ1) is 12.5. The smallest absolute Gasteiger partial charge is 0.406 e. The lowest BCUT2D eigenvalue weighted by atomic mass is 9.98. The van der Waals surface area contributed by atoms with Crippen molar-refractivity contribution in [3.8, 4) is 5.75 Å². The number of carbonyl (C=O) groups excluding carboxylic acids is 1. The van der Waals surface area contributed by atoms with E-state index in [9.17, 15) is 14.9 Å². The van der Waals surface area contributed by atoms with Crippen molar-refractivity contribution in [1.82, 2.24) is 9.88 Å². The molecule has 1 amide bonds. The maximum Gasteiger partial charge on any atom is 0.406 e. The first-order valence-corrected chi connectivity index (χ1v) is 8.59. The standard InChI is InChI=1S/C19H21N3O4/c1-13(2)17(26-16-8-5-10-20-18(16)22(24)25)19(23)21-11-9-14-6-3-4-7-15(14)12-21/h3-8,10,13,17H,9,11-12H2,1-2H3/t17-/m1/s1. The molecule has 1 aromatic heterocycles. The fraction of sp³-hybridized carbons (Fsp3) is 0.368. The van der Waals surface area contributed by atoms with Gasteiger partial charge in [0.2, 0.25) is 5.75 Å². The largest absolute Gasteiger partial charge is 0.472 e. The number of amides is 1. The van der Waals surface area contributed by atoms with Crippen molar-refractivity contribution in [3.63, 3.8) is 0 Å². The lowest BCUT2D eigenvalue weighted by Crippen LogP contribution is -2.46. The number of hydrogen-bond acceptors (Lipinski definition) is 5. The van der Waals surface area contributed by atoms with Gasteiger partial charge in [-0.3, -0.25) is 4.79 Å². The third-order valence-electron chi connectivity index (χ3n) is 4.47. The van der Waals surface area contributed by atoms with Crippen LogP contribution in [-0.2, 0) is 17.8 Å². The molecule has 0 saturated carbocycles. The summed E-state index contributed by atoms with van der Waals surface area (Å²) < 4.78 is 5.78. The topological polar surface area (TPSA) is 85.6 Å². The van der Waals surface area contributed by atoms with Crippen LogP contribution >= 0.6 is 0 Å². The maximum absolute atomic E-state index is 13.0. The quantitative estimate of drug-likeness (QED) is 0.608. The Hall–Kier alpha value is -2.96. The van der Waals surface area contributed by atoms with E-state index in [1.807, 2.05) is 32.0 Å². The Morgan fingerprint density at radius 2 is 1.96 bits per heavy atom. The van der Waals surface area contributed by atoms with E-state index < -0.39 is 11.0 Å². The monoisotopic (exact) mass is 355 g/mol. The second-order valence-electron chi connectivity index (χ2n) is 6.64. The Labute approximate surface area is 151 Å². The summed E-state index contributed by atoms with van der Waals surface area (Å²) in [7, 11) is 0. The number of nitrogens with zero attached hydrogens (tertiary/aromatic N) is 3. The van der Waals surface area contributed by atoms with E-state index in [0.717, 1.165) is 12.0 Å². The van der Waals surface area contributed by atoms with Gasteiger partial charge in [-0.05, 0) is 45.5 Å². The molecule has 136 valence electrons. The molecule has 3 rings (SSSR count). The van der Waals surface area contributed by atoms with Crippen LogP contribution in [0.15, 0.2) is 42.6 Å². The number of hydrogen-bond donors (Lipinski definition) is 0. The number of carbonyl (C=O) groups is 1. The molecule has 0 bridgehead atoms. The molecule has 26 heavy (non-hydrogen) atoms. The van der Waals surface area contributed by atoms with Crippen LogP contribution in [0.2, 0.25) is 0 Å². The third kappa shape index (κ3) is 3.66. The molecule has 7 nitrogen and oxygen atoms in total. The molecule has 0 radical (unpaired) electrons. The zero-order chi connectivity index (χ0) is 18.7. The molecule has 0 spiro atoms. The van der Waals surface area contributed by atoms with Crippen LogP contribution in [0, 0.1) is 16.0 Å². The molecule has 0 fully saturated rings. The molecule has 0 N–H and O–H groups in total. The van der Waals surface area contributed by atoms with Gasteiger partial charge in [-0.25, -0.2) is 0 Å². The highest BCUT2D eigenvalue weighted by Gasteiger charge is 2.32. The van der Waals surface area contributed by atoms with Crippen molar-refractivity contribution in [2.75, 3.05) is 6.54 Å². The van der Waals surface area contributed by atoms with Crippen molar-refractivity contribution in [2.24, 2.45) is 5.92 Å². The van der Waals surface area contributed by atoms with Gasteiger partial charge >= 0.3 is 5.82 Å². The zero-order valence-corrected chi connectivity index (χ0v) is 14.8. The van der Waals surface area contributed by atoms with E-state index in [2.05, 4.69) is 11.1 Å². The Bertz CT molecular complexity index is 822. The van der Waals surface area contributed by atoms with Crippen molar-refractivity contribution < 1.29 is 14.5 Å². The average molecular weight is 355 g/mol. The lowest BCUT2D eigenvalue weighted by molar-refractivity contribution is -0.390. The van der Waals surface area contributed by atoms with Gasteiger partial charge in [0, 0.05) is 13.1 Å². The van der Waals surface area contributed by atoms with Crippen molar-refractivity contribution in [2.45, 2.75) is 32.9 Å². The summed E-state index contributed by atoms with van der Waals surface area (Å²) in [5.74, 6) is -0.663. The first-order valence-electron chi connectivity index (χ1n) is 8.59. The van der Waals surface area contributed by atoms with Gasteiger partial charge < -0.3 is 19.8 Å². The van der Waals surface area contributed by atoms with Crippen LogP contribution in [0.25, 0.3) is 0 Å². The van der Waals surface area contributed by atoms with E-state index >= 15 is 0 Å². The molecule has 0 unspecified atom stereocenters. The minimum atomic E-state index is -0.803. The summed E-state index contributed by atoms with van der Waals surface area (Å²) in [4.78, 5) is 29.1. The fourth-order valence-electron chi connectivity index (χ4n) is 3.08. The number of rotatable bonds is 5. The molecular formula is C19H21N3O4. The number of benzene rings is 1. The van der Waals surface area contributed by atoms with Crippen LogP contribution in [-0.4, -0.2) is 33.4 Å². The van der Waals surface area contributed by atoms with Gasteiger partial charge in [-0.15, -0.1) is 0 Å². The molecule has 1 aliphatic heterocycles. The van der Waals surface area contributed by atoms with Gasteiger partial charge in [0.25, 0.3) is 5.91 Å². The van der Waals surface area contributed by atoms with E-state index in [-0.39, 0.29) is 23.4 Å². The number of ether oxygens (including phenoxy) is 1. The SMILES string of the molecule is CC(C)[C@@H](Oc1cccnc1[N+](=O)[O-])C(=O)N1CCc2ccccc2C1. The predicted octanol–water partition coefficient (Wildman–Crippen LogP) is 2.98. The van der Waals surface area contributed by atoms with Gasteiger partial charge in [0.15, 0.2) is 6.10 Å². The highest BCUT2D eigenvalue weighted by atomic mass is 16.6. The molecule has 1 aliphatic rings. The van der Waals surface area contributed by atoms with E-state index in [1.54, 1.807) is 11.0 Å². The number of pyridine rings is 1. The summed E-state index contributed by atoms with van der Waals surface area (Å²) in [6.45, 7) is 4.86. The van der Waals surface area contributed by atoms with Crippen LogP contribution in [0.3, 0.4) is 0 Å². The maximum atomic E-state index is 13.0. The summed E-state index contributed by atoms with van der Waals surface area (Å²) in [5.41, 5.74) is 2.38. The Morgan fingerprint density at radius 3 is 2.65 bits per heavy atom. The normalized spacial score (nSPS) is 14.7. The molecule has 2 aromatic rings. The van der Waals surface area contributed by atoms with Crippen molar-refractivity contribution in [3.05, 3.63) is 63.8 Å². The lowest BCUT2D eigenvalue weighted by Gasteiger charge is -2.33. The molecular weight excluding hydrogens is 334 g/mol. The third-order valence-corrected chi connectivity index (χ3v) is 4.47. The van der Waals surface area contributed by atoms with Gasteiger partial charge in [0.05, 0.1) is 0 Å². The fourth-order valence-corrected chi connectivity index (χ4v) is 3.08. The summed E-state index contributed by atoms with van der Waals surface area (Å²) in [6.07, 6.45) is 1.32. The molecule has 0 saturated heterocycles. The minimum Gasteiger partial charge on any atom is -0.472 e. The highest BCUT2D eigenvalue weighted by Crippen LogP contribution is 2.27. The van der Waals surface area contributed by atoms with Crippen LogP contribution in [0.4, 0.5) is 5.82 Å². The van der Waals surface area contributed by atoms with Crippen LogP contribution < -0.4 is 4.74 Å². The molecule has 1 aromatic carbocycles. The Kier molecular flexibility index (Phi) is 5.16. The Morgan fingerprint density at radius 1 is 1.23 bits per heavy atom. The highest BCUT2D eigenvalue weighted by molar-refractivity contribution is 5.82. The van der Waals surface area contributed by atoms with E-state index in [4.69, 9.17) is 4.74 Å².